The van der Waals surface area contributed by atoms with Crippen LogP contribution in [0.4, 0.5) is 11.4 Å². The smallest absolute Gasteiger partial charge is 0.312 e. The van der Waals surface area contributed by atoms with Gasteiger partial charge in [-0.05, 0) is 70.2 Å². The molecular weight excluding hydrogens is 486 g/mol. The second kappa shape index (κ2) is 10.8. The van der Waals surface area contributed by atoms with E-state index < -0.39 is 41.1 Å². The molecule has 6 atom stereocenters. The van der Waals surface area contributed by atoms with Gasteiger partial charge in [-0.2, -0.15) is 0 Å². The molecule has 0 aliphatic carbocycles. The average Bonchev–Trinajstić information content (AvgIpc) is 3.50. The van der Waals surface area contributed by atoms with Crippen LogP contribution in [0.5, 0.6) is 0 Å². The van der Waals surface area contributed by atoms with Gasteiger partial charge >= 0.3 is 5.97 Å². The predicted octanol–water partition coefficient (Wildman–Crippen LogP) is 3.21. The molecule has 0 aromatic heterocycles. The molecule has 3 aliphatic rings. The molecule has 3 heterocycles. The highest BCUT2D eigenvalue weighted by molar-refractivity contribution is 6.03. The van der Waals surface area contributed by atoms with Gasteiger partial charge in [-0.25, -0.2) is 0 Å². The van der Waals surface area contributed by atoms with Crippen molar-refractivity contribution < 1.29 is 29.0 Å². The number of rotatable bonds is 11. The first-order chi connectivity index (χ1) is 18.1. The van der Waals surface area contributed by atoms with Gasteiger partial charge in [-0.3, -0.25) is 14.4 Å². The Morgan fingerprint density at radius 2 is 1.82 bits per heavy atom. The predicted molar refractivity (Wildman–Crippen MR) is 145 cm³/mol. The zero-order valence-corrected chi connectivity index (χ0v) is 23.5. The number of esters is 1. The lowest BCUT2D eigenvalue weighted by molar-refractivity contribution is -0.161. The molecule has 2 amide bonds. The van der Waals surface area contributed by atoms with E-state index in [4.69, 9.17) is 9.47 Å². The molecule has 0 saturated carbocycles. The van der Waals surface area contributed by atoms with Crippen molar-refractivity contribution >= 4 is 29.2 Å². The minimum Gasteiger partial charge on any atom is -0.466 e. The third-order valence-electron chi connectivity index (χ3n) is 8.98. The Hall–Kier alpha value is -2.65. The first kappa shape index (κ1) is 28.4. The van der Waals surface area contributed by atoms with E-state index in [1.807, 2.05) is 45.0 Å². The Labute approximate surface area is 225 Å². The number of carbonyl (C=O) groups is 3. The maximum atomic E-state index is 14.1. The van der Waals surface area contributed by atoms with Gasteiger partial charge in [0.1, 0.15) is 17.6 Å². The van der Waals surface area contributed by atoms with Gasteiger partial charge in [-0.15, -0.1) is 0 Å². The molecule has 1 aromatic carbocycles. The minimum atomic E-state index is -1.15. The van der Waals surface area contributed by atoms with Gasteiger partial charge in [0, 0.05) is 24.5 Å². The van der Waals surface area contributed by atoms with Gasteiger partial charge in [0.15, 0.2) is 0 Å². The first-order valence-electron chi connectivity index (χ1n) is 14.1. The monoisotopic (exact) mass is 529 g/mol. The molecule has 210 valence electrons. The Balaban J connectivity index is 1.73. The number of ether oxygens (including phenoxy) is 2. The number of amides is 2. The van der Waals surface area contributed by atoms with Crippen LogP contribution in [0.25, 0.3) is 0 Å². The van der Waals surface area contributed by atoms with Crippen LogP contribution in [0.2, 0.25) is 0 Å². The Bertz CT molecular complexity index is 1040. The Morgan fingerprint density at radius 1 is 1.16 bits per heavy atom. The number of aliphatic hydroxyl groups excluding tert-OH is 1. The SMILES string of the molecule is CCOC(=O)[C@H]1[C@H]2C(=O)N([C@@H](CO)C(C)C)C(C(=O)Nc3ccc(N(CC)CC)cc3)C23CC[C@]1(CC)O3. The summed E-state index contributed by atoms with van der Waals surface area (Å²) < 4.78 is 12.1. The summed E-state index contributed by atoms with van der Waals surface area (Å²) in [6, 6.07) is 6.07. The maximum absolute atomic E-state index is 14.1. The number of hydrogen-bond donors (Lipinski definition) is 2. The maximum Gasteiger partial charge on any atom is 0.312 e. The summed E-state index contributed by atoms with van der Waals surface area (Å²) in [5, 5.41) is 13.3. The van der Waals surface area contributed by atoms with E-state index in [0.717, 1.165) is 18.8 Å². The zero-order valence-electron chi connectivity index (χ0n) is 23.5. The van der Waals surface area contributed by atoms with Crippen LogP contribution >= 0.6 is 0 Å². The standard InChI is InChI=1S/C29H43N3O6/c1-7-28-15-16-29(38-28)22(23(28)27(36)37-10-4)26(35)32(21(17-33)18(5)6)24(29)25(34)30-19-11-13-20(14-12-19)31(8-2)9-3/h11-14,18,21-24,33H,7-10,15-17H2,1-6H3,(H,30,34)/t21-,22-,23+,24?,28-,29?/m0/s1. The van der Waals surface area contributed by atoms with Crippen LogP contribution < -0.4 is 10.2 Å². The van der Waals surface area contributed by atoms with Crippen molar-refractivity contribution in [1.82, 2.24) is 4.90 Å². The molecular formula is C29H43N3O6. The van der Waals surface area contributed by atoms with E-state index >= 15 is 0 Å². The molecule has 4 rings (SSSR count). The largest absolute Gasteiger partial charge is 0.466 e. The number of anilines is 2. The Morgan fingerprint density at radius 3 is 2.34 bits per heavy atom. The van der Waals surface area contributed by atoms with Crippen LogP contribution in [-0.4, -0.2) is 77.4 Å². The normalized spacial score (nSPS) is 30.5. The lowest BCUT2D eigenvalue weighted by atomic mass is 9.65. The molecule has 3 saturated heterocycles. The highest BCUT2D eigenvalue weighted by Crippen LogP contribution is 2.64. The molecule has 3 fully saturated rings. The van der Waals surface area contributed by atoms with E-state index in [-0.39, 0.29) is 30.9 Å². The molecule has 38 heavy (non-hydrogen) atoms. The van der Waals surface area contributed by atoms with E-state index in [1.165, 1.54) is 4.90 Å². The fourth-order valence-corrected chi connectivity index (χ4v) is 7.08. The highest BCUT2D eigenvalue weighted by Gasteiger charge is 2.79. The fourth-order valence-electron chi connectivity index (χ4n) is 7.08. The number of benzene rings is 1. The third-order valence-corrected chi connectivity index (χ3v) is 8.98. The van der Waals surface area contributed by atoms with Gasteiger partial charge < -0.3 is 29.7 Å². The number of aliphatic hydroxyl groups is 1. The molecule has 2 N–H and O–H groups in total. The third kappa shape index (κ3) is 4.28. The molecule has 2 unspecified atom stereocenters. The first-order valence-corrected chi connectivity index (χ1v) is 14.1. The second-order valence-corrected chi connectivity index (χ2v) is 11.0. The van der Waals surface area contributed by atoms with E-state index in [0.29, 0.717) is 24.9 Å². The summed E-state index contributed by atoms with van der Waals surface area (Å²) in [5.41, 5.74) is -0.319. The molecule has 1 spiro atoms. The van der Waals surface area contributed by atoms with Gasteiger partial charge in [0.05, 0.1) is 30.8 Å². The van der Waals surface area contributed by atoms with Crippen LogP contribution in [0.15, 0.2) is 24.3 Å². The lowest BCUT2D eigenvalue weighted by Crippen LogP contribution is -2.57. The number of nitrogens with one attached hydrogen (secondary N) is 1. The molecule has 2 bridgehead atoms. The summed E-state index contributed by atoms with van der Waals surface area (Å²) in [7, 11) is 0. The van der Waals surface area contributed by atoms with Crippen LogP contribution in [-0.2, 0) is 23.9 Å². The summed E-state index contributed by atoms with van der Waals surface area (Å²) in [6.07, 6.45) is 1.59. The van der Waals surface area contributed by atoms with Crippen LogP contribution in [0.3, 0.4) is 0 Å². The number of nitrogens with zero attached hydrogens (tertiary/aromatic N) is 2. The van der Waals surface area contributed by atoms with Crippen molar-refractivity contribution in [3.8, 4) is 0 Å². The number of hydrogen-bond acceptors (Lipinski definition) is 7. The van der Waals surface area contributed by atoms with Crippen molar-refractivity contribution in [3.05, 3.63) is 24.3 Å². The second-order valence-electron chi connectivity index (χ2n) is 11.0. The molecule has 3 aliphatic heterocycles. The summed E-state index contributed by atoms with van der Waals surface area (Å²) >= 11 is 0. The summed E-state index contributed by atoms with van der Waals surface area (Å²) in [6.45, 7) is 13.4. The minimum absolute atomic E-state index is 0.110. The van der Waals surface area contributed by atoms with Crippen molar-refractivity contribution in [2.24, 2.45) is 17.8 Å². The topological polar surface area (TPSA) is 108 Å². The molecule has 9 heteroatoms. The lowest BCUT2D eigenvalue weighted by Gasteiger charge is -2.38. The van der Waals surface area contributed by atoms with E-state index in [2.05, 4.69) is 24.1 Å². The molecule has 9 nitrogen and oxygen atoms in total. The Kier molecular flexibility index (Phi) is 8.09. The van der Waals surface area contributed by atoms with E-state index in [1.54, 1.807) is 6.92 Å². The molecule has 0 radical (unpaired) electrons. The average molecular weight is 530 g/mol. The van der Waals surface area contributed by atoms with Crippen molar-refractivity contribution in [1.29, 1.82) is 0 Å². The number of fused-ring (bicyclic) bond motifs is 1. The zero-order chi connectivity index (χ0) is 27.8. The van der Waals surface area contributed by atoms with Gasteiger partial charge in [0.2, 0.25) is 11.8 Å². The molecule has 1 aromatic rings. The van der Waals surface area contributed by atoms with Crippen molar-refractivity contribution in [2.45, 2.75) is 84.1 Å². The summed E-state index contributed by atoms with van der Waals surface area (Å²) in [4.78, 5) is 45.2. The van der Waals surface area contributed by atoms with E-state index in [9.17, 15) is 19.5 Å². The van der Waals surface area contributed by atoms with Crippen LogP contribution in [0, 0.1) is 17.8 Å². The van der Waals surface area contributed by atoms with Crippen molar-refractivity contribution in [2.75, 3.05) is 36.5 Å². The number of likely N-dealkylation sites (tertiary alicyclic amines) is 1. The quantitative estimate of drug-likeness (QED) is 0.424. The highest BCUT2D eigenvalue weighted by atomic mass is 16.6. The van der Waals surface area contributed by atoms with Crippen LogP contribution in [0.1, 0.15) is 60.8 Å². The number of carbonyl (C=O) groups excluding carboxylic acids is 3. The van der Waals surface area contributed by atoms with Gasteiger partial charge in [0.25, 0.3) is 0 Å². The fraction of sp³-hybridized carbons (Fsp3) is 0.690. The summed E-state index contributed by atoms with van der Waals surface area (Å²) in [5.74, 6) is -2.86. The van der Waals surface area contributed by atoms with Crippen molar-refractivity contribution in [3.63, 3.8) is 0 Å². The van der Waals surface area contributed by atoms with Gasteiger partial charge in [-0.1, -0.05) is 20.8 Å².